The molecule has 4 nitrogen and oxygen atoms in total. The maximum absolute atomic E-state index is 8.39. The minimum atomic E-state index is 0.00926. The Kier molecular flexibility index (Phi) is 1.30. The van der Waals surface area contributed by atoms with E-state index in [2.05, 4.69) is 0 Å². The van der Waals surface area contributed by atoms with Crippen LogP contribution in [0.5, 0.6) is 0 Å². The van der Waals surface area contributed by atoms with E-state index in [0.29, 0.717) is 12.5 Å². The molecule has 0 heterocycles. The number of aliphatic hydroxyl groups excluding tert-OH is 2. The lowest BCUT2D eigenvalue weighted by atomic mass is 10.2. The van der Waals surface area contributed by atoms with Crippen molar-refractivity contribution in [2.45, 2.75) is 0 Å². The molecule has 0 bridgehead atoms. The zero-order valence-corrected chi connectivity index (χ0v) is 5.05. The number of aliphatic hydroxyl groups is 2. The predicted molar refractivity (Wildman–Crippen MR) is 34.0 cm³/mol. The van der Waals surface area contributed by atoms with Gasteiger partial charge in [-0.1, -0.05) is 0 Å². The highest BCUT2D eigenvalue weighted by Crippen LogP contribution is 1.44. The van der Waals surface area contributed by atoms with Crippen LogP contribution in [0, 0.1) is 10.8 Å². The smallest absolute Gasteiger partial charge is 0.0907 e. The van der Waals surface area contributed by atoms with Crippen molar-refractivity contribution >= 4 is 12.5 Å². The minimum absolute atomic E-state index is 0.00926. The zero-order valence-electron chi connectivity index (χ0n) is 5.05. The van der Waals surface area contributed by atoms with Gasteiger partial charge in [0.25, 0.3) is 0 Å². The maximum atomic E-state index is 8.39. The van der Waals surface area contributed by atoms with Crippen molar-refractivity contribution in [1.29, 1.82) is 10.8 Å². The number of hydrogen-bond acceptors (Lipinski definition) is 4. The highest BCUT2D eigenvalue weighted by Gasteiger charge is 1.98. The van der Waals surface area contributed by atoms with Crippen LogP contribution in [0.2, 0.25) is 0 Å². The molecule has 0 radical (unpaired) electrons. The summed E-state index contributed by atoms with van der Waals surface area (Å²) in [5.41, 5.74) is 0. The molecule has 0 amide bonds. The molecular weight excluding hydrogens is 132 g/mol. The molecule has 52 valence electrons. The van der Waals surface area contributed by atoms with E-state index in [0.717, 1.165) is 0 Å². The summed E-state index contributed by atoms with van der Waals surface area (Å²) in [5.74, 6) is 0. The van der Waals surface area contributed by atoms with Gasteiger partial charge in [0, 0.05) is 0 Å². The Morgan fingerprint density at radius 1 is 0.900 bits per heavy atom. The predicted octanol–water partition coefficient (Wildman–Crippen LogP) is -1.89. The number of nitrogens with one attached hydrogen (secondary N) is 2. The number of hydrogen-bond donors (Lipinski definition) is 4. The van der Waals surface area contributed by atoms with Crippen LogP contribution in [0.15, 0.2) is 0 Å². The lowest BCUT2D eigenvalue weighted by Gasteiger charge is -1.91. The molecule has 0 aliphatic rings. The second-order valence-corrected chi connectivity index (χ2v) is 1.84. The standard InChI is InChI=1S/C6H6N2O2/c7-5-3(1-9)6(8)4(5)2-10/h1-2,7-10H. The van der Waals surface area contributed by atoms with Gasteiger partial charge < -0.3 is 10.2 Å². The van der Waals surface area contributed by atoms with E-state index in [4.69, 9.17) is 21.0 Å². The fraction of sp³-hybridized carbons (Fsp3) is 0. The van der Waals surface area contributed by atoms with E-state index < -0.39 is 0 Å². The monoisotopic (exact) mass is 138 g/mol. The Hall–Kier alpha value is -1.58. The van der Waals surface area contributed by atoms with E-state index in [1.807, 2.05) is 0 Å². The van der Waals surface area contributed by atoms with E-state index in [-0.39, 0.29) is 21.2 Å². The van der Waals surface area contributed by atoms with Crippen molar-refractivity contribution in [3.05, 3.63) is 21.2 Å². The second-order valence-electron chi connectivity index (χ2n) is 1.84. The van der Waals surface area contributed by atoms with Crippen LogP contribution in [0.25, 0.3) is 12.5 Å². The summed E-state index contributed by atoms with van der Waals surface area (Å²) < 4.78 is 0. The lowest BCUT2D eigenvalue weighted by Crippen LogP contribution is -2.64. The Labute approximate surface area is 55.7 Å². The largest absolute Gasteiger partial charge is 0.515 e. The van der Waals surface area contributed by atoms with Crippen LogP contribution in [0.4, 0.5) is 0 Å². The van der Waals surface area contributed by atoms with Gasteiger partial charge in [0.15, 0.2) is 0 Å². The molecule has 0 aromatic heterocycles. The molecule has 1 aromatic rings. The van der Waals surface area contributed by atoms with Crippen LogP contribution >= 0.6 is 0 Å². The summed E-state index contributed by atoms with van der Waals surface area (Å²) in [6, 6.07) is 0. The van der Waals surface area contributed by atoms with Gasteiger partial charge in [-0.15, -0.1) is 0 Å². The maximum Gasteiger partial charge on any atom is 0.0907 e. The zero-order chi connectivity index (χ0) is 7.72. The third-order valence-electron chi connectivity index (χ3n) is 1.34. The molecule has 10 heavy (non-hydrogen) atoms. The fourth-order valence-electron chi connectivity index (χ4n) is 0.736. The molecule has 0 saturated heterocycles. The fourth-order valence-corrected chi connectivity index (χ4v) is 0.736. The molecule has 0 aliphatic carbocycles. The minimum Gasteiger partial charge on any atom is -0.515 e. The van der Waals surface area contributed by atoms with Crippen molar-refractivity contribution in [1.82, 2.24) is 0 Å². The van der Waals surface area contributed by atoms with Crippen LogP contribution in [-0.4, -0.2) is 10.2 Å². The van der Waals surface area contributed by atoms with Crippen LogP contribution < -0.4 is 21.2 Å². The normalized spacial score (nSPS) is 9.60. The van der Waals surface area contributed by atoms with Gasteiger partial charge in [-0.25, -0.2) is 0 Å². The third-order valence-corrected chi connectivity index (χ3v) is 1.34. The molecule has 4 N–H and O–H groups in total. The first-order valence-corrected chi connectivity index (χ1v) is 2.59. The van der Waals surface area contributed by atoms with Gasteiger partial charge in [-0.2, -0.15) is 0 Å². The molecule has 0 atom stereocenters. The first-order valence-electron chi connectivity index (χ1n) is 2.59. The first-order chi connectivity index (χ1) is 4.72. The van der Waals surface area contributed by atoms with Crippen molar-refractivity contribution in [2.75, 3.05) is 0 Å². The number of rotatable bonds is 0. The Morgan fingerprint density at radius 2 is 1.20 bits per heavy atom. The molecule has 1 rings (SSSR count). The van der Waals surface area contributed by atoms with E-state index in [1.165, 1.54) is 0 Å². The summed E-state index contributed by atoms with van der Waals surface area (Å²) in [6.45, 7) is 0. The summed E-state index contributed by atoms with van der Waals surface area (Å²) in [7, 11) is 0. The SMILES string of the molecule is N=c1c(=CO)c(=N)c1=CO. The summed E-state index contributed by atoms with van der Waals surface area (Å²) in [4.78, 5) is 0. The van der Waals surface area contributed by atoms with E-state index in [9.17, 15) is 0 Å². The molecule has 0 saturated carbocycles. The van der Waals surface area contributed by atoms with Gasteiger partial charge >= 0.3 is 0 Å². The summed E-state index contributed by atoms with van der Waals surface area (Å²) in [6.07, 6.45) is 1.38. The summed E-state index contributed by atoms with van der Waals surface area (Å²) in [5, 5.41) is 31.3. The molecule has 0 fully saturated rings. The average Bonchev–Trinajstić information content (AvgIpc) is 1.90. The van der Waals surface area contributed by atoms with Gasteiger partial charge in [0.1, 0.15) is 0 Å². The molecule has 0 unspecified atom stereocenters. The molecule has 0 aliphatic heterocycles. The summed E-state index contributed by atoms with van der Waals surface area (Å²) >= 11 is 0. The van der Waals surface area contributed by atoms with Crippen molar-refractivity contribution in [2.24, 2.45) is 0 Å². The Balaban J connectivity index is 3.77. The van der Waals surface area contributed by atoms with Crippen LogP contribution in [-0.2, 0) is 0 Å². The van der Waals surface area contributed by atoms with Crippen molar-refractivity contribution in [3.63, 3.8) is 0 Å². The van der Waals surface area contributed by atoms with Crippen molar-refractivity contribution < 1.29 is 10.2 Å². The van der Waals surface area contributed by atoms with Gasteiger partial charge in [-0.3, -0.25) is 10.8 Å². The molecular formula is C6H6N2O2. The third kappa shape index (κ3) is 0.556. The van der Waals surface area contributed by atoms with Crippen LogP contribution in [0.3, 0.4) is 0 Å². The highest BCUT2D eigenvalue weighted by atomic mass is 16.2. The topological polar surface area (TPSA) is 88.2 Å². The molecule has 1 aromatic carbocycles. The van der Waals surface area contributed by atoms with Gasteiger partial charge in [0.2, 0.25) is 0 Å². The quantitative estimate of drug-likeness (QED) is 0.338. The van der Waals surface area contributed by atoms with Crippen molar-refractivity contribution in [3.8, 4) is 0 Å². The average molecular weight is 138 g/mol. The van der Waals surface area contributed by atoms with Crippen LogP contribution in [0.1, 0.15) is 0 Å². The lowest BCUT2D eigenvalue weighted by molar-refractivity contribution is 0.532. The Morgan fingerprint density at radius 3 is 1.40 bits per heavy atom. The first kappa shape index (κ1) is 6.54. The highest BCUT2D eigenvalue weighted by molar-refractivity contribution is 5.23. The van der Waals surface area contributed by atoms with Gasteiger partial charge in [-0.05, 0) is 0 Å². The van der Waals surface area contributed by atoms with E-state index in [1.54, 1.807) is 0 Å². The van der Waals surface area contributed by atoms with E-state index >= 15 is 0 Å². The second kappa shape index (κ2) is 1.98. The van der Waals surface area contributed by atoms with Gasteiger partial charge in [0.05, 0.1) is 33.7 Å². The molecule has 4 heteroatoms. The Bertz CT molecular complexity index is 355. The molecule has 0 spiro atoms.